The zero-order valence-electron chi connectivity index (χ0n) is 11.9. The van der Waals surface area contributed by atoms with E-state index in [0.717, 1.165) is 5.56 Å². The third-order valence-electron chi connectivity index (χ3n) is 4.41. The van der Waals surface area contributed by atoms with Crippen molar-refractivity contribution in [1.29, 1.82) is 0 Å². The molecule has 2 aliphatic rings. The average molecular weight is 272 g/mol. The number of aromatic hydroxyl groups is 1. The molecule has 0 radical (unpaired) electrons. The zero-order valence-corrected chi connectivity index (χ0v) is 11.9. The van der Waals surface area contributed by atoms with Gasteiger partial charge in [-0.25, -0.2) is 0 Å². The van der Waals surface area contributed by atoms with Gasteiger partial charge in [0.15, 0.2) is 0 Å². The van der Waals surface area contributed by atoms with Crippen LogP contribution in [0.2, 0.25) is 0 Å². The van der Waals surface area contributed by atoms with Crippen LogP contribution in [0.4, 0.5) is 0 Å². The summed E-state index contributed by atoms with van der Waals surface area (Å²) in [6, 6.07) is 2.91. The second-order valence-electron chi connectivity index (χ2n) is 6.03. The first kappa shape index (κ1) is 12.9. The van der Waals surface area contributed by atoms with Crippen molar-refractivity contribution in [3.63, 3.8) is 0 Å². The highest BCUT2D eigenvalue weighted by Crippen LogP contribution is 2.50. The van der Waals surface area contributed by atoms with Crippen LogP contribution in [-0.2, 0) is 9.53 Å². The normalized spacial score (nSPS) is 23.5. The van der Waals surface area contributed by atoms with E-state index in [1.54, 1.807) is 13.0 Å². The molecule has 1 aromatic carbocycles. The van der Waals surface area contributed by atoms with Crippen LogP contribution < -0.4 is 0 Å². The van der Waals surface area contributed by atoms with Gasteiger partial charge in [0.1, 0.15) is 17.6 Å². The van der Waals surface area contributed by atoms with Gasteiger partial charge in [-0.1, -0.05) is 13.8 Å². The fraction of sp³-hybridized carbons (Fsp3) is 0.375. The van der Waals surface area contributed by atoms with E-state index in [4.69, 9.17) is 4.74 Å². The standard InChI is InChI=1S/C16H16O4/c1-7-5-9(17)6-10-11(7)15-12(14(19)13(10)18)16(3,4)8(2)20-15/h5-6,8,17H,1-4H3/t8-/m0/s1. The molecule has 0 bridgehead atoms. The number of Topliss-reactive ketones (excluding diaryl/α,β-unsaturated/α-hetero) is 2. The second kappa shape index (κ2) is 3.72. The number of rotatable bonds is 0. The third kappa shape index (κ3) is 1.42. The number of ether oxygens (including phenoxy) is 1. The Kier molecular flexibility index (Phi) is 2.40. The van der Waals surface area contributed by atoms with Gasteiger partial charge in [-0.15, -0.1) is 0 Å². The van der Waals surface area contributed by atoms with E-state index in [-0.39, 0.29) is 17.4 Å². The summed E-state index contributed by atoms with van der Waals surface area (Å²) >= 11 is 0. The minimum atomic E-state index is -0.566. The highest BCUT2D eigenvalue weighted by molar-refractivity contribution is 6.52. The molecule has 0 aromatic heterocycles. The molecule has 0 fully saturated rings. The Morgan fingerprint density at radius 3 is 2.50 bits per heavy atom. The van der Waals surface area contributed by atoms with Crippen molar-refractivity contribution in [3.8, 4) is 5.75 Å². The lowest BCUT2D eigenvalue weighted by Gasteiger charge is -2.24. The zero-order chi connectivity index (χ0) is 14.8. The number of benzene rings is 1. The Labute approximate surface area is 117 Å². The van der Waals surface area contributed by atoms with Crippen LogP contribution in [0.1, 0.15) is 42.3 Å². The maximum Gasteiger partial charge on any atom is 0.234 e. The molecule has 0 unspecified atom stereocenters. The van der Waals surface area contributed by atoms with Crippen LogP contribution >= 0.6 is 0 Å². The number of hydrogen-bond donors (Lipinski definition) is 1. The van der Waals surface area contributed by atoms with Gasteiger partial charge in [-0.2, -0.15) is 0 Å². The fourth-order valence-electron chi connectivity index (χ4n) is 2.94. The molecule has 1 heterocycles. The molecule has 0 saturated heterocycles. The predicted octanol–water partition coefficient (Wildman–Crippen LogP) is 2.62. The number of ketones is 2. The Morgan fingerprint density at radius 2 is 1.85 bits per heavy atom. The molecule has 0 amide bonds. The Balaban J connectivity index is 2.37. The van der Waals surface area contributed by atoms with Crippen LogP contribution in [0.3, 0.4) is 0 Å². The van der Waals surface area contributed by atoms with E-state index in [1.807, 2.05) is 20.8 Å². The molecule has 1 aliphatic heterocycles. The first-order valence-corrected chi connectivity index (χ1v) is 6.59. The molecular formula is C16H16O4. The highest BCUT2D eigenvalue weighted by atomic mass is 16.5. The van der Waals surface area contributed by atoms with Crippen molar-refractivity contribution < 1.29 is 19.4 Å². The van der Waals surface area contributed by atoms with E-state index in [1.165, 1.54) is 6.07 Å². The van der Waals surface area contributed by atoms with Crippen molar-refractivity contribution in [3.05, 3.63) is 34.4 Å². The summed E-state index contributed by atoms with van der Waals surface area (Å²) in [5, 5.41) is 9.65. The molecule has 20 heavy (non-hydrogen) atoms. The smallest absolute Gasteiger partial charge is 0.234 e. The fourth-order valence-corrected chi connectivity index (χ4v) is 2.94. The third-order valence-corrected chi connectivity index (χ3v) is 4.41. The van der Waals surface area contributed by atoms with Crippen molar-refractivity contribution >= 4 is 17.3 Å². The van der Waals surface area contributed by atoms with E-state index in [9.17, 15) is 14.7 Å². The number of hydrogen-bond acceptors (Lipinski definition) is 4. The number of carbonyl (C=O) groups excluding carboxylic acids is 2. The number of phenolic OH excluding ortho intramolecular Hbond substituents is 1. The second-order valence-corrected chi connectivity index (χ2v) is 6.03. The number of fused-ring (bicyclic) bond motifs is 2. The summed E-state index contributed by atoms with van der Waals surface area (Å²) in [7, 11) is 0. The van der Waals surface area contributed by atoms with Gasteiger partial charge in [-0.3, -0.25) is 9.59 Å². The molecule has 3 rings (SSSR count). The number of aryl methyl sites for hydroxylation is 1. The maximum absolute atomic E-state index is 12.4. The van der Waals surface area contributed by atoms with Gasteiger partial charge in [0.25, 0.3) is 0 Å². The first-order valence-electron chi connectivity index (χ1n) is 6.59. The Morgan fingerprint density at radius 1 is 1.20 bits per heavy atom. The summed E-state index contributed by atoms with van der Waals surface area (Å²) in [6.45, 7) is 7.51. The predicted molar refractivity (Wildman–Crippen MR) is 73.4 cm³/mol. The van der Waals surface area contributed by atoms with Crippen LogP contribution in [0.5, 0.6) is 5.75 Å². The summed E-state index contributed by atoms with van der Waals surface area (Å²) in [5.41, 5.74) is 1.56. The minimum absolute atomic E-state index is 0.0169. The van der Waals surface area contributed by atoms with Gasteiger partial charge in [-0.05, 0) is 31.5 Å². The molecule has 1 aliphatic carbocycles. The van der Waals surface area contributed by atoms with E-state index in [2.05, 4.69) is 0 Å². The molecule has 1 atom stereocenters. The van der Waals surface area contributed by atoms with Crippen molar-refractivity contribution in [2.45, 2.75) is 33.8 Å². The minimum Gasteiger partial charge on any atom is -0.508 e. The lowest BCUT2D eigenvalue weighted by atomic mass is 9.74. The summed E-state index contributed by atoms with van der Waals surface area (Å²) in [5.74, 6) is -0.605. The summed E-state index contributed by atoms with van der Waals surface area (Å²) in [6.07, 6.45) is -0.177. The molecule has 0 spiro atoms. The molecule has 4 heteroatoms. The van der Waals surface area contributed by atoms with Gasteiger partial charge in [0.05, 0.1) is 5.57 Å². The molecular weight excluding hydrogens is 256 g/mol. The average Bonchev–Trinajstić information content (AvgIpc) is 2.56. The monoisotopic (exact) mass is 272 g/mol. The Hall–Kier alpha value is -2.10. The molecule has 1 N–H and O–H groups in total. The van der Waals surface area contributed by atoms with Gasteiger partial charge < -0.3 is 9.84 Å². The van der Waals surface area contributed by atoms with Crippen molar-refractivity contribution in [2.75, 3.05) is 0 Å². The van der Waals surface area contributed by atoms with Crippen LogP contribution in [-0.4, -0.2) is 22.8 Å². The molecule has 104 valence electrons. The highest BCUT2D eigenvalue weighted by Gasteiger charge is 2.50. The van der Waals surface area contributed by atoms with Gasteiger partial charge >= 0.3 is 0 Å². The van der Waals surface area contributed by atoms with Crippen LogP contribution in [0, 0.1) is 12.3 Å². The Bertz CT molecular complexity index is 695. The molecule has 0 saturated carbocycles. The lowest BCUT2D eigenvalue weighted by molar-refractivity contribution is -0.112. The van der Waals surface area contributed by atoms with Crippen LogP contribution in [0.15, 0.2) is 17.7 Å². The quantitative estimate of drug-likeness (QED) is 0.737. The van der Waals surface area contributed by atoms with Gasteiger partial charge in [0, 0.05) is 16.5 Å². The summed E-state index contributed by atoms with van der Waals surface area (Å²) in [4.78, 5) is 24.7. The van der Waals surface area contributed by atoms with Crippen molar-refractivity contribution in [2.24, 2.45) is 5.41 Å². The molecule has 4 nitrogen and oxygen atoms in total. The summed E-state index contributed by atoms with van der Waals surface area (Å²) < 4.78 is 5.87. The topological polar surface area (TPSA) is 63.6 Å². The lowest BCUT2D eigenvalue weighted by Crippen LogP contribution is -2.32. The maximum atomic E-state index is 12.4. The van der Waals surface area contributed by atoms with Crippen LogP contribution in [0.25, 0.3) is 5.76 Å². The first-order chi connectivity index (χ1) is 9.25. The van der Waals surface area contributed by atoms with E-state index >= 15 is 0 Å². The van der Waals surface area contributed by atoms with E-state index < -0.39 is 17.0 Å². The number of carbonyl (C=O) groups is 2. The largest absolute Gasteiger partial charge is 0.508 e. The van der Waals surface area contributed by atoms with Crippen molar-refractivity contribution in [1.82, 2.24) is 0 Å². The van der Waals surface area contributed by atoms with Gasteiger partial charge in [0.2, 0.25) is 11.6 Å². The molecule has 1 aromatic rings. The van der Waals surface area contributed by atoms with E-state index in [0.29, 0.717) is 16.9 Å². The SMILES string of the molecule is Cc1cc(O)cc2c1C1=C(C(=O)C2=O)C(C)(C)[C@H](C)O1. The number of phenols is 1.